The lowest BCUT2D eigenvalue weighted by Crippen LogP contribution is -2.52. The van der Waals surface area contributed by atoms with Crippen LogP contribution in [0.1, 0.15) is 20.8 Å². The van der Waals surface area contributed by atoms with Gasteiger partial charge < -0.3 is 15.6 Å². The summed E-state index contributed by atoms with van der Waals surface area (Å²) in [5.41, 5.74) is 3.67. The van der Waals surface area contributed by atoms with E-state index in [1.807, 2.05) is 0 Å². The largest absolute Gasteiger partial charge is 0.458 e. The van der Waals surface area contributed by atoms with Crippen molar-refractivity contribution < 1.29 is 27.8 Å². The molecule has 0 aromatic carbocycles. The predicted molar refractivity (Wildman–Crippen MR) is 45.9 cm³/mol. The molecule has 0 aliphatic heterocycles. The number of rotatable bonds is 2. The number of halogens is 3. The molecule has 0 fully saturated rings. The molecule has 0 bridgehead atoms. The summed E-state index contributed by atoms with van der Waals surface area (Å²) in [7, 11) is 0. The van der Waals surface area contributed by atoms with Crippen molar-refractivity contribution in [1.82, 2.24) is 0 Å². The Morgan fingerprint density at radius 2 is 1.73 bits per heavy atom. The van der Waals surface area contributed by atoms with Gasteiger partial charge in [-0.1, -0.05) is 0 Å². The first kappa shape index (κ1) is 14.2. The molecule has 0 amide bonds. The Balaban J connectivity index is 4.46. The van der Waals surface area contributed by atoms with Gasteiger partial charge in [0.2, 0.25) is 0 Å². The molecule has 0 unspecified atom stereocenters. The van der Waals surface area contributed by atoms with Crippen molar-refractivity contribution in [1.29, 1.82) is 0 Å². The van der Waals surface area contributed by atoms with Gasteiger partial charge in [0.15, 0.2) is 6.10 Å². The van der Waals surface area contributed by atoms with Crippen LogP contribution in [0.3, 0.4) is 0 Å². The zero-order valence-corrected chi connectivity index (χ0v) is 8.63. The number of ether oxygens (including phenoxy) is 1. The standard InChI is InChI=1S/C8H14F3NO3/c1-7(2,3)15-6(14)4(13)5(12)8(9,10)11/h4-5,13H,12H2,1-3H3/t4-,5+/m0/s1. The number of carbonyl (C=O) groups excluding carboxylic acids is 1. The van der Waals surface area contributed by atoms with E-state index < -0.39 is 29.9 Å². The van der Waals surface area contributed by atoms with Crippen LogP contribution in [-0.2, 0) is 9.53 Å². The number of aliphatic hydroxyl groups is 1. The maximum Gasteiger partial charge on any atom is 0.406 e. The molecular weight excluding hydrogens is 215 g/mol. The van der Waals surface area contributed by atoms with E-state index in [-0.39, 0.29) is 0 Å². The van der Waals surface area contributed by atoms with Gasteiger partial charge in [0, 0.05) is 0 Å². The lowest BCUT2D eigenvalue weighted by Gasteiger charge is -2.25. The van der Waals surface area contributed by atoms with Crippen molar-refractivity contribution in [2.24, 2.45) is 5.73 Å². The van der Waals surface area contributed by atoms with E-state index in [2.05, 4.69) is 10.5 Å². The zero-order valence-electron chi connectivity index (χ0n) is 8.63. The van der Waals surface area contributed by atoms with Gasteiger partial charge in [0.05, 0.1) is 0 Å². The topological polar surface area (TPSA) is 72.5 Å². The Kier molecular flexibility index (Phi) is 4.12. The molecule has 90 valence electrons. The Bertz CT molecular complexity index is 234. The quantitative estimate of drug-likeness (QED) is 0.679. The second kappa shape index (κ2) is 4.36. The fourth-order valence-corrected chi connectivity index (χ4v) is 0.688. The molecule has 15 heavy (non-hydrogen) atoms. The maximum absolute atomic E-state index is 12.0. The van der Waals surface area contributed by atoms with Gasteiger partial charge in [-0.2, -0.15) is 13.2 Å². The van der Waals surface area contributed by atoms with Gasteiger partial charge in [0.25, 0.3) is 0 Å². The Morgan fingerprint density at radius 3 is 2.00 bits per heavy atom. The van der Waals surface area contributed by atoms with E-state index in [0.717, 1.165) is 0 Å². The summed E-state index contributed by atoms with van der Waals surface area (Å²) < 4.78 is 40.5. The number of nitrogens with two attached hydrogens (primary N) is 1. The Morgan fingerprint density at radius 1 is 1.33 bits per heavy atom. The monoisotopic (exact) mass is 229 g/mol. The molecule has 4 nitrogen and oxygen atoms in total. The molecule has 3 N–H and O–H groups in total. The summed E-state index contributed by atoms with van der Waals surface area (Å²) in [4.78, 5) is 11.0. The normalized spacial score (nSPS) is 17.1. The van der Waals surface area contributed by atoms with Gasteiger partial charge in [-0.3, -0.25) is 0 Å². The average molecular weight is 229 g/mol. The third-order valence-electron chi connectivity index (χ3n) is 1.37. The lowest BCUT2D eigenvalue weighted by molar-refractivity contribution is -0.192. The highest BCUT2D eigenvalue weighted by Crippen LogP contribution is 2.22. The molecule has 0 aromatic rings. The molecule has 0 rings (SSSR count). The maximum atomic E-state index is 12.0. The first-order valence-corrected chi connectivity index (χ1v) is 4.18. The van der Waals surface area contributed by atoms with Crippen LogP contribution < -0.4 is 5.73 Å². The minimum atomic E-state index is -4.84. The molecule has 0 aliphatic rings. The first-order chi connectivity index (χ1) is 6.45. The summed E-state index contributed by atoms with van der Waals surface area (Å²) in [6.45, 7) is 4.41. The zero-order chi connectivity index (χ0) is 12.4. The molecule has 2 atom stereocenters. The molecule has 0 aromatic heterocycles. The van der Waals surface area contributed by atoms with Gasteiger partial charge in [-0.15, -0.1) is 0 Å². The van der Waals surface area contributed by atoms with Crippen LogP contribution in [0.5, 0.6) is 0 Å². The van der Waals surface area contributed by atoms with Gasteiger partial charge >= 0.3 is 12.1 Å². The van der Waals surface area contributed by atoms with E-state index >= 15 is 0 Å². The Labute approximate surface area is 85.2 Å². The summed E-state index contributed by atoms with van der Waals surface area (Å²) >= 11 is 0. The molecule has 0 heterocycles. The molecule has 0 aliphatic carbocycles. The second-order valence-electron chi connectivity index (χ2n) is 4.05. The number of aliphatic hydroxyl groups excluding tert-OH is 1. The van der Waals surface area contributed by atoms with E-state index in [1.54, 1.807) is 0 Å². The fraction of sp³-hybridized carbons (Fsp3) is 0.875. The minimum Gasteiger partial charge on any atom is -0.458 e. The number of hydrogen-bond donors (Lipinski definition) is 2. The van der Waals surface area contributed by atoms with Crippen molar-refractivity contribution in [2.45, 2.75) is 44.7 Å². The second-order valence-corrected chi connectivity index (χ2v) is 4.05. The average Bonchev–Trinajstić information content (AvgIpc) is 1.96. The highest BCUT2D eigenvalue weighted by Gasteiger charge is 2.45. The number of carbonyl (C=O) groups is 1. The number of esters is 1. The van der Waals surface area contributed by atoms with Gasteiger partial charge in [0.1, 0.15) is 11.6 Å². The van der Waals surface area contributed by atoms with E-state index in [9.17, 15) is 18.0 Å². The predicted octanol–water partition coefficient (Wildman–Crippen LogP) is 0.579. The van der Waals surface area contributed by atoms with Crippen LogP contribution in [0.2, 0.25) is 0 Å². The molecule has 0 radical (unpaired) electrons. The van der Waals surface area contributed by atoms with Crippen LogP contribution in [-0.4, -0.2) is 35.0 Å². The fourth-order valence-electron chi connectivity index (χ4n) is 0.688. The highest BCUT2D eigenvalue weighted by atomic mass is 19.4. The first-order valence-electron chi connectivity index (χ1n) is 4.18. The number of hydrogen-bond acceptors (Lipinski definition) is 4. The summed E-state index contributed by atoms with van der Waals surface area (Å²) in [5, 5.41) is 8.97. The SMILES string of the molecule is CC(C)(C)OC(=O)[C@@H](O)[C@@H](N)C(F)(F)F. The molecular formula is C8H14F3NO3. The van der Waals surface area contributed by atoms with Gasteiger partial charge in [-0.05, 0) is 20.8 Å². The van der Waals surface area contributed by atoms with Crippen molar-refractivity contribution in [3.05, 3.63) is 0 Å². The highest BCUT2D eigenvalue weighted by molar-refractivity contribution is 5.75. The van der Waals surface area contributed by atoms with Crippen molar-refractivity contribution in [2.75, 3.05) is 0 Å². The van der Waals surface area contributed by atoms with Crippen LogP contribution in [0.4, 0.5) is 13.2 Å². The number of alkyl halides is 3. The van der Waals surface area contributed by atoms with E-state index in [4.69, 9.17) is 5.11 Å². The van der Waals surface area contributed by atoms with E-state index in [1.165, 1.54) is 20.8 Å². The molecule has 0 saturated carbocycles. The van der Waals surface area contributed by atoms with Crippen molar-refractivity contribution in [3.63, 3.8) is 0 Å². The van der Waals surface area contributed by atoms with Crippen LogP contribution in [0, 0.1) is 0 Å². The van der Waals surface area contributed by atoms with Crippen LogP contribution in [0.15, 0.2) is 0 Å². The summed E-state index contributed by atoms with van der Waals surface area (Å²) in [6.07, 6.45) is -7.24. The summed E-state index contributed by atoms with van der Waals surface area (Å²) in [6, 6.07) is -2.63. The van der Waals surface area contributed by atoms with Crippen LogP contribution in [0.25, 0.3) is 0 Å². The lowest BCUT2D eigenvalue weighted by atomic mass is 10.1. The third kappa shape index (κ3) is 4.98. The van der Waals surface area contributed by atoms with E-state index in [0.29, 0.717) is 0 Å². The van der Waals surface area contributed by atoms with Gasteiger partial charge in [-0.25, -0.2) is 4.79 Å². The minimum absolute atomic E-state index is 0.969. The third-order valence-corrected chi connectivity index (χ3v) is 1.37. The van der Waals surface area contributed by atoms with Crippen LogP contribution >= 0.6 is 0 Å². The molecule has 0 spiro atoms. The molecule has 0 saturated heterocycles. The molecule has 7 heteroatoms. The van der Waals surface area contributed by atoms with Crippen molar-refractivity contribution in [3.8, 4) is 0 Å². The summed E-state index contributed by atoms with van der Waals surface area (Å²) in [5.74, 6) is -1.38. The Hall–Kier alpha value is -0.820. The van der Waals surface area contributed by atoms with Crippen molar-refractivity contribution >= 4 is 5.97 Å². The smallest absolute Gasteiger partial charge is 0.406 e.